The summed E-state index contributed by atoms with van der Waals surface area (Å²) in [6.07, 6.45) is 0. The van der Waals surface area contributed by atoms with E-state index >= 15 is 0 Å². The van der Waals surface area contributed by atoms with Crippen molar-refractivity contribution in [2.24, 2.45) is 5.73 Å². The van der Waals surface area contributed by atoms with E-state index in [4.69, 9.17) is 15.2 Å². The zero-order valence-electron chi connectivity index (χ0n) is 15.0. The molecule has 142 valence electrons. The van der Waals surface area contributed by atoms with Gasteiger partial charge in [0, 0.05) is 10.4 Å². The summed E-state index contributed by atoms with van der Waals surface area (Å²) in [5.41, 5.74) is 6.55. The van der Waals surface area contributed by atoms with Gasteiger partial charge in [0.1, 0.15) is 5.00 Å². The Bertz CT molecular complexity index is 901. The van der Waals surface area contributed by atoms with Crippen molar-refractivity contribution in [3.05, 3.63) is 51.4 Å². The van der Waals surface area contributed by atoms with E-state index in [-0.39, 0.29) is 16.7 Å². The van der Waals surface area contributed by atoms with Gasteiger partial charge in [-0.05, 0) is 43.7 Å². The second kappa shape index (κ2) is 8.45. The zero-order valence-corrected chi connectivity index (χ0v) is 15.8. The van der Waals surface area contributed by atoms with Crippen LogP contribution < -0.4 is 11.1 Å². The minimum Gasteiger partial charge on any atom is -0.465 e. The van der Waals surface area contributed by atoms with Gasteiger partial charge in [-0.15, -0.1) is 11.3 Å². The second-order valence-electron chi connectivity index (χ2n) is 5.54. The molecule has 0 aliphatic carbocycles. The van der Waals surface area contributed by atoms with Crippen LogP contribution in [-0.2, 0) is 14.3 Å². The van der Waals surface area contributed by atoms with Gasteiger partial charge in [0.25, 0.3) is 5.91 Å². The largest absolute Gasteiger partial charge is 0.465 e. The predicted octanol–water partition coefficient (Wildman–Crippen LogP) is 2.05. The van der Waals surface area contributed by atoms with E-state index in [1.807, 2.05) is 6.92 Å². The van der Waals surface area contributed by atoms with Crippen molar-refractivity contribution in [1.82, 2.24) is 0 Å². The quantitative estimate of drug-likeness (QED) is 0.727. The SMILES string of the molecule is COC(=O)c1c(NC(=O)COC(=O)c2ccc(C(N)=O)cc2)sc(C)c1C. The lowest BCUT2D eigenvalue weighted by Crippen LogP contribution is -2.21. The zero-order chi connectivity index (χ0) is 20.1. The standard InChI is InChI=1S/C18H18N2O6S/c1-9-10(2)27-16(14(9)18(24)25-3)20-13(21)8-26-17(23)12-6-4-11(5-7-12)15(19)22/h4-7H,8H2,1-3H3,(H2,19,22)(H,20,21). The minimum atomic E-state index is -0.729. The summed E-state index contributed by atoms with van der Waals surface area (Å²) < 4.78 is 9.68. The highest BCUT2D eigenvalue weighted by Gasteiger charge is 2.22. The monoisotopic (exact) mass is 390 g/mol. The third kappa shape index (κ3) is 4.70. The summed E-state index contributed by atoms with van der Waals surface area (Å²) in [6.45, 7) is 3.04. The summed E-state index contributed by atoms with van der Waals surface area (Å²) in [5.74, 6) is -2.49. The predicted molar refractivity (Wildman–Crippen MR) is 99.0 cm³/mol. The number of rotatable bonds is 6. The van der Waals surface area contributed by atoms with Crippen LogP contribution in [0.1, 0.15) is 41.5 Å². The van der Waals surface area contributed by atoms with Gasteiger partial charge in [-0.3, -0.25) is 9.59 Å². The van der Waals surface area contributed by atoms with Crippen LogP contribution >= 0.6 is 11.3 Å². The van der Waals surface area contributed by atoms with E-state index in [0.29, 0.717) is 10.6 Å². The minimum absolute atomic E-state index is 0.172. The number of carbonyl (C=O) groups is 4. The first-order chi connectivity index (χ1) is 12.7. The Balaban J connectivity index is 2.00. The number of esters is 2. The van der Waals surface area contributed by atoms with Crippen molar-refractivity contribution in [2.45, 2.75) is 13.8 Å². The van der Waals surface area contributed by atoms with E-state index in [0.717, 1.165) is 4.88 Å². The van der Waals surface area contributed by atoms with E-state index in [9.17, 15) is 19.2 Å². The number of anilines is 1. The number of carbonyl (C=O) groups excluding carboxylic acids is 4. The van der Waals surface area contributed by atoms with Gasteiger partial charge in [-0.2, -0.15) is 0 Å². The van der Waals surface area contributed by atoms with Gasteiger partial charge in [-0.1, -0.05) is 0 Å². The highest BCUT2D eigenvalue weighted by atomic mass is 32.1. The molecule has 1 aromatic carbocycles. The first kappa shape index (κ1) is 20.1. The molecule has 0 spiro atoms. The van der Waals surface area contributed by atoms with E-state index in [1.54, 1.807) is 6.92 Å². The molecule has 0 saturated carbocycles. The van der Waals surface area contributed by atoms with Crippen molar-refractivity contribution in [1.29, 1.82) is 0 Å². The summed E-state index contributed by atoms with van der Waals surface area (Å²) in [7, 11) is 1.26. The Kier molecular flexibility index (Phi) is 6.30. The van der Waals surface area contributed by atoms with Crippen molar-refractivity contribution in [3.63, 3.8) is 0 Å². The van der Waals surface area contributed by atoms with Crippen molar-refractivity contribution in [3.8, 4) is 0 Å². The fraction of sp³-hybridized carbons (Fsp3) is 0.222. The Morgan fingerprint density at radius 1 is 1.04 bits per heavy atom. The summed E-state index contributed by atoms with van der Waals surface area (Å²) >= 11 is 1.23. The Morgan fingerprint density at radius 3 is 2.19 bits per heavy atom. The summed E-state index contributed by atoms with van der Waals surface area (Å²) in [6, 6.07) is 5.53. The average Bonchev–Trinajstić information content (AvgIpc) is 2.92. The van der Waals surface area contributed by atoms with Crippen LogP contribution in [0.2, 0.25) is 0 Å². The van der Waals surface area contributed by atoms with E-state index in [1.165, 1.54) is 42.7 Å². The maximum absolute atomic E-state index is 12.1. The maximum Gasteiger partial charge on any atom is 0.341 e. The number of nitrogens with two attached hydrogens (primary N) is 1. The number of nitrogens with one attached hydrogen (secondary N) is 1. The molecule has 0 aliphatic rings. The number of aryl methyl sites for hydroxylation is 1. The molecule has 0 unspecified atom stereocenters. The molecule has 0 bridgehead atoms. The molecule has 3 N–H and O–H groups in total. The van der Waals surface area contributed by atoms with Crippen LogP contribution in [0, 0.1) is 13.8 Å². The number of hydrogen-bond acceptors (Lipinski definition) is 7. The Hall–Kier alpha value is -3.20. The molecule has 0 aliphatic heterocycles. The molecule has 0 radical (unpaired) electrons. The van der Waals surface area contributed by atoms with Crippen molar-refractivity contribution in [2.75, 3.05) is 19.0 Å². The lowest BCUT2D eigenvalue weighted by molar-refractivity contribution is -0.119. The third-order valence-electron chi connectivity index (χ3n) is 3.77. The molecular weight excluding hydrogens is 372 g/mol. The lowest BCUT2D eigenvalue weighted by Gasteiger charge is -2.07. The van der Waals surface area contributed by atoms with Crippen LogP contribution in [0.25, 0.3) is 0 Å². The number of benzene rings is 1. The van der Waals surface area contributed by atoms with Crippen LogP contribution in [0.4, 0.5) is 5.00 Å². The van der Waals surface area contributed by atoms with Crippen molar-refractivity contribution < 1.29 is 28.7 Å². The number of methoxy groups -OCH3 is 1. The number of thiophene rings is 1. The number of amides is 2. The summed E-state index contributed by atoms with van der Waals surface area (Å²) in [5, 5.41) is 2.90. The molecule has 0 atom stereocenters. The molecule has 8 nitrogen and oxygen atoms in total. The molecule has 1 heterocycles. The first-order valence-corrected chi connectivity index (χ1v) is 8.61. The molecule has 2 rings (SSSR count). The van der Waals surface area contributed by atoms with Crippen LogP contribution in [0.3, 0.4) is 0 Å². The summed E-state index contributed by atoms with van der Waals surface area (Å²) in [4.78, 5) is 47.8. The molecular formula is C18H18N2O6S. The van der Waals surface area contributed by atoms with Crippen LogP contribution in [0.5, 0.6) is 0 Å². The van der Waals surface area contributed by atoms with Crippen molar-refractivity contribution >= 4 is 40.1 Å². The van der Waals surface area contributed by atoms with E-state index in [2.05, 4.69) is 5.32 Å². The van der Waals surface area contributed by atoms with E-state index < -0.39 is 30.4 Å². The maximum atomic E-state index is 12.1. The van der Waals surface area contributed by atoms with Gasteiger partial charge >= 0.3 is 11.9 Å². The molecule has 1 aromatic heterocycles. The lowest BCUT2D eigenvalue weighted by atomic mass is 10.1. The second-order valence-corrected chi connectivity index (χ2v) is 6.77. The molecule has 2 amide bonds. The molecule has 0 saturated heterocycles. The normalized spacial score (nSPS) is 10.2. The first-order valence-electron chi connectivity index (χ1n) is 7.79. The Morgan fingerprint density at radius 2 is 1.63 bits per heavy atom. The van der Waals surface area contributed by atoms with Gasteiger partial charge in [0.05, 0.1) is 18.2 Å². The highest BCUT2D eigenvalue weighted by molar-refractivity contribution is 7.16. The van der Waals surface area contributed by atoms with Gasteiger partial charge in [0.15, 0.2) is 6.61 Å². The number of ether oxygens (including phenoxy) is 2. The number of primary amides is 1. The fourth-order valence-electron chi connectivity index (χ4n) is 2.21. The molecule has 27 heavy (non-hydrogen) atoms. The highest BCUT2D eigenvalue weighted by Crippen LogP contribution is 2.32. The van der Waals surface area contributed by atoms with Gasteiger partial charge in [0.2, 0.25) is 5.91 Å². The smallest absolute Gasteiger partial charge is 0.341 e. The number of hydrogen-bond donors (Lipinski definition) is 2. The molecule has 2 aromatic rings. The van der Waals surface area contributed by atoms with Crippen LogP contribution in [-0.4, -0.2) is 37.5 Å². The topological polar surface area (TPSA) is 125 Å². The van der Waals surface area contributed by atoms with Gasteiger partial charge in [-0.25, -0.2) is 9.59 Å². The third-order valence-corrected chi connectivity index (χ3v) is 4.89. The Labute approximate surface area is 159 Å². The fourth-order valence-corrected chi connectivity index (χ4v) is 3.28. The van der Waals surface area contributed by atoms with Gasteiger partial charge < -0.3 is 20.5 Å². The average molecular weight is 390 g/mol. The molecule has 0 fully saturated rings. The molecule has 9 heteroatoms. The van der Waals surface area contributed by atoms with Crippen LogP contribution in [0.15, 0.2) is 24.3 Å².